The first-order chi connectivity index (χ1) is 4.84. The van der Waals surface area contributed by atoms with E-state index in [1.54, 1.807) is 6.20 Å². The second kappa shape index (κ2) is 3.26. The number of nitrogens with zero attached hydrogens (tertiary/aromatic N) is 1. The molecule has 54 valence electrons. The van der Waals surface area contributed by atoms with Crippen molar-refractivity contribution in [2.75, 3.05) is 0 Å². The Balaban J connectivity index is 2.73. The second-order valence-electron chi connectivity index (χ2n) is 2.46. The zero-order chi connectivity index (χ0) is 7.40. The van der Waals surface area contributed by atoms with Gasteiger partial charge in [-0.1, -0.05) is 6.92 Å². The summed E-state index contributed by atoms with van der Waals surface area (Å²) in [6.07, 6.45) is 2.82. The molecular formula is C8H12N2. The van der Waals surface area contributed by atoms with Gasteiger partial charge in [0, 0.05) is 11.9 Å². The molecule has 0 amide bonds. The molecule has 0 spiro atoms. The molecule has 1 rings (SSSR count). The molecule has 0 aromatic heterocycles. The van der Waals surface area contributed by atoms with Crippen molar-refractivity contribution in [3.05, 3.63) is 11.9 Å². The van der Waals surface area contributed by atoms with E-state index < -0.39 is 0 Å². The SMILES string of the molecule is CCC1N=C=C=CNC1C. The largest absolute Gasteiger partial charge is 0.379 e. The van der Waals surface area contributed by atoms with Crippen LogP contribution in [0.3, 0.4) is 0 Å². The Labute approximate surface area is 61.4 Å². The molecule has 0 radical (unpaired) electrons. The maximum Gasteiger partial charge on any atom is 0.0796 e. The van der Waals surface area contributed by atoms with E-state index in [9.17, 15) is 0 Å². The lowest BCUT2D eigenvalue weighted by Crippen LogP contribution is -2.31. The van der Waals surface area contributed by atoms with Crippen molar-refractivity contribution in [2.45, 2.75) is 32.4 Å². The zero-order valence-electron chi connectivity index (χ0n) is 6.39. The summed E-state index contributed by atoms with van der Waals surface area (Å²) < 4.78 is 0. The highest BCUT2D eigenvalue weighted by molar-refractivity contribution is 5.51. The van der Waals surface area contributed by atoms with Gasteiger partial charge in [0.05, 0.1) is 12.2 Å². The monoisotopic (exact) mass is 136 g/mol. The molecule has 1 heterocycles. The fourth-order valence-corrected chi connectivity index (χ4v) is 0.993. The Morgan fingerprint density at radius 3 is 3.20 bits per heavy atom. The Kier molecular flexibility index (Phi) is 2.33. The molecule has 0 bridgehead atoms. The molecule has 1 aliphatic heterocycles. The smallest absolute Gasteiger partial charge is 0.0796 e. The standard InChI is InChI=1S/C8H12N2/c1-3-8-7(2)9-5-4-6-10-8/h5,7-9H,3H2,1-2H3. The summed E-state index contributed by atoms with van der Waals surface area (Å²) in [4.78, 5) is 4.17. The molecule has 10 heavy (non-hydrogen) atoms. The van der Waals surface area contributed by atoms with Gasteiger partial charge in [-0.3, -0.25) is 0 Å². The number of hydrogen-bond donors (Lipinski definition) is 1. The maximum absolute atomic E-state index is 4.17. The molecule has 0 aromatic carbocycles. The first-order valence-corrected chi connectivity index (χ1v) is 3.62. The van der Waals surface area contributed by atoms with Gasteiger partial charge in [0.2, 0.25) is 0 Å². The highest BCUT2D eigenvalue weighted by Crippen LogP contribution is 2.03. The number of hydrogen-bond acceptors (Lipinski definition) is 2. The lowest BCUT2D eigenvalue weighted by atomic mass is 10.1. The molecule has 0 saturated heterocycles. The third-order valence-corrected chi connectivity index (χ3v) is 1.71. The molecule has 1 aliphatic rings. The van der Waals surface area contributed by atoms with E-state index in [-0.39, 0.29) is 0 Å². The van der Waals surface area contributed by atoms with Gasteiger partial charge in [0.25, 0.3) is 0 Å². The molecule has 2 heteroatoms. The van der Waals surface area contributed by atoms with Crippen LogP contribution >= 0.6 is 0 Å². The van der Waals surface area contributed by atoms with Crippen molar-refractivity contribution in [1.82, 2.24) is 5.32 Å². The van der Waals surface area contributed by atoms with Crippen LogP contribution in [0.25, 0.3) is 0 Å². The van der Waals surface area contributed by atoms with Crippen LogP contribution < -0.4 is 5.32 Å². The minimum absolute atomic E-state index is 0.353. The summed E-state index contributed by atoms with van der Waals surface area (Å²) in [6.45, 7) is 4.24. The summed E-state index contributed by atoms with van der Waals surface area (Å²) in [5.41, 5.74) is 2.79. The lowest BCUT2D eigenvalue weighted by Gasteiger charge is -2.15. The van der Waals surface area contributed by atoms with Crippen LogP contribution in [0.5, 0.6) is 0 Å². The van der Waals surface area contributed by atoms with Crippen molar-refractivity contribution in [3.63, 3.8) is 0 Å². The third-order valence-electron chi connectivity index (χ3n) is 1.71. The van der Waals surface area contributed by atoms with Gasteiger partial charge in [0.1, 0.15) is 0 Å². The number of nitrogens with one attached hydrogen (secondary N) is 1. The summed E-state index contributed by atoms with van der Waals surface area (Å²) >= 11 is 0. The fraction of sp³-hybridized carbons (Fsp3) is 0.625. The van der Waals surface area contributed by atoms with Gasteiger partial charge in [-0.05, 0) is 19.1 Å². The van der Waals surface area contributed by atoms with E-state index in [4.69, 9.17) is 0 Å². The predicted molar refractivity (Wildman–Crippen MR) is 42.2 cm³/mol. The molecule has 2 atom stereocenters. The van der Waals surface area contributed by atoms with E-state index in [2.05, 4.69) is 35.8 Å². The van der Waals surface area contributed by atoms with Gasteiger partial charge >= 0.3 is 0 Å². The van der Waals surface area contributed by atoms with E-state index in [1.807, 2.05) is 0 Å². The lowest BCUT2D eigenvalue weighted by molar-refractivity contribution is 0.500. The average molecular weight is 136 g/mol. The second-order valence-corrected chi connectivity index (χ2v) is 2.46. The maximum atomic E-state index is 4.17. The molecular weight excluding hydrogens is 124 g/mol. The van der Waals surface area contributed by atoms with Crippen molar-refractivity contribution in [3.8, 4) is 0 Å². The van der Waals surface area contributed by atoms with Gasteiger partial charge in [-0.2, -0.15) is 0 Å². The molecule has 2 unspecified atom stereocenters. The predicted octanol–water partition coefficient (Wildman–Crippen LogP) is 1.10. The molecule has 0 aromatic rings. The minimum atomic E-state index is 0.353. The number of aliphatic imine (C=N–C) groups is 1. The van der Waals surface area contributed by atoms with Crippen LogP contribution in [0.15, 0.2) is 16.9 Å². The Bertz CT molecular complexity index is 195. The highest BCUT2D eigenvalue weighted by Gasteiger charge is 2.11. The van der Waals surface area contributed by atoms with Crippen LogP contribution in [0.1, 0.15) is 20.3 Å². The molecule has 0 fully saturated rings. The van der Waals surface area contributed by atoms with Crippen LogP contribution in [0.4, 0.5) is 0 Å². The van der Waals surface area contributed by atoms with Gasteiger partial charge in [-0.15, -0.1) is 0 Å². The highest BCUT2D eigenvalue weighted by atomic mass is 15.0. The average Bonchev–Trinajstić information content (AvgIpc) is 2.13. The normalized spacial score (nSPS) is 29.8. The van der Waals surface area contributed by atoms with Crippen LogP contribution in [0, 0.1) is 0 Å². The Hall–Kier alpha value is -0.970. The van der Waals surface area contributed by atoms with Gasteiger partial charge in [-0.25, -0.2) is 4.99 Å². The zero-order valence-corrected chi connectivity index (χ0v) is 6.39. The molecule has 0 aliphatic carbocycles. The molecule has 1 N–H and O–H groups in total. The first-order valence-electron chi connectivity index (χ1n) is 3.62. The summed E-state index contributed by atoms with van der Waals surface area (Å²) in [7, 11) is 0. The van der Waals surface area contributed by atoms with Gasteiger partial charge < -0.3 is 5.32 Å². The van der Waals surface area contributed by atoms with Gasteiger partial charge in [0.15, 0.2) is 0 Å². The van der Waals surface area contributed by atoms with Crippen molar-refractivity contribution in [2.24, 2.45) is 4.99 Å². The molecule has 0 saturated carbocycles. The van der Waals surface area contributed by atoms with Crippen LogP contribution in [-0.2, 0) is 0 Å². The Morgan fingerprint density at radius 2 is 2.50 bits per heavy atom. The van der Waals surface area contributed by atoms with Crippen LogP contribution in [-0.4, -0.2) is 18.0 Å². The summed E-state index contributed by atoms with van der Waals surface area (Å²) in [5.74, 6) is 2.74. The fourth-order valence-electron chi connectivity index (χ4n) is 0.993. The van der Waals surface area contributed by atoms with Crippen LogP contribution in [0.2, 0.25) is 0 Å². The molecule has 2 nitrogen and oxygen atoms in total. The first kappa shape index (κ1) is 7.14. The van der Waals surface area contributed by atoms with Crippen molar-refractivity contribution in [1.29, 1.82) is 0 Å². The van der Waals surface area contributed by atoms with E-state index >= 15 is 0 Å². The Morgan fingerprint density at radius 1 is 1.70 bits per heavy atom. The van der Waals surface area contributed by atoms with Crippen molar-refractivity contribution >= 4 is 5.87 Å². The summed E-state index contributed by atoms with van der Waals surface area (Å²) in [5, 5.41) is 3.15. The number of rotatable bonds is 1. The van der Waals surface area contributed by atoms with E-state index in [0.717, 1.165) is 6.42 Å². The third kappa shape index (κ3) is 1.51. The quantitative estimate of drug-likeness (QED) is 0.536. The van der Waals surface area contributed by atoms with E-state index in [1.165, 1.54) is 0 Å². The van der Waals surface area contributed by atoms with E-state index in [0.29, 0.717) is 12.1 Å². The summed E-state index contributed by atoms with van der Waals surface area (Å²) in [6, 6.07) is 0.763. The minimum Gasteiger partial charge on any atom is -0.379 e. The van der Waals surface area contributed by atoms with Crippen molar-refractivity contribution < 1.29 is 0 Å². The topological polar surface area (TPSA) is 24.4 Å².